The normalized spacial score (nSPS) is 11.6. The number of likely N-dealkylation sites (N-methyl/N-ethyl adjacent to an activating group) is 1. The van der Waals surface area contributed by atoms with Crippen LogP contribution in [0.4, 0.5) is 0 Å². The SMILES string of the molecule is CNC(=O)[C@@H](Cc1ccccc1)N(Cc1cccc(Cl)c1)C(=O)COc1cc(C)c(Br)c(C)c1. The van der Waals surface area contributed by atoms with Crippen molar-refractivity contribution in [2.24, 2.45) is 0 Å². The van der Waals surface area contributed by atoms with Gasteiger partial charge in [-0.25, -0.2) is 0 Å². The molecule has 3 aromatic rings. The molecule has 0 saturated carbocycles. The maximum atomic E-state index is 13.5. The summed E-state index contributed by atoms with van der Waals surface area (Å²) in [7, 11) is 1.58. The molecule has 0 aliphatic heterocycles. The molecule has 0 aliphatic carbocycles. The van der Waals surface area contributed by atoms with Crippen LogP contribution >= 0.6 is 27.5 Å². The Morgan fingerprint density at radius 2 is 1.65 bits per heavy atom. The van der Waals surface area contributed by atoms with E-state index in [0.29, 0.717) is 17.2 Å². The van der Waals surface area contributed by atoms with Crippen molar-refractivity contribution < 1.29 is 14.3 Å². The molecule has 0 bridgehead atoms. The summed E-state index contributed by atoms with van der Waals surface area (Å²) in [6, 6.07) is 20.0. The number of aryl methyl sites for hydroxylation is 2. The Morgan fingerprint density at radius 3 is 2.26 bits per heavy atom. The van der Waals surface area contributed by atoms with Crippen molar-refractivity contribution in [3.63, 3.8) is 0 Å². The summed E-state index contributed by atoms with van der Waals surface area (Å²) in [6.45, 7) is 3.98. The van der Waals surface area contributed by atoms with E-state index in [2.05, 4.69) is 21.2 Å². The van der Waals surface area contributed by atoms with E-state index in [0.717, 1.165) is 26.7 Å². The number of rotatable bonds is 9. The Labute approximate surface area is 214 Å². The number of amides is 2. The Morgan fingerprint density at radius 1 is 1.00 bits per heavy atom. The third-order valence-electron chi connectivity index (χ3n) is 5.53. The minimum absolute atomic E-state index is 0.191. The van der Waals surface area contributed by atoms with E-state index in [9.17, 15) is 9.59 Å². The van der Waals surface area contributed by atoms with E-state index in [-0.39, 0.29) is 25.0 Å². The molecule has 0 aliphatic rings. The van der Waals surface area contributed by atoms with Crippen molar-refractivity contribution >= 4 is 39.3 Å². The van der Waals surface area contributed by atoms with Gasteiger partial charge in [0, 0.05) is 29.5 Å². The van der Waals surface area contributed by atoms with Crippen LogP contribution in [0.1, 0.15) is 22.3 Å². The molecular weight excluding hydrogens is 516 g/mol. The molecule has 0 unspecified atom stereocenters. The van der Waals surface area contributed by atoms with Gasteiger partial charge in [-0.05, 0) is 60.4 Å². The molecular formula is C27H28BrClN2O3. The molecule has 1 N–H and O–H groups in total. The fourth-order valence-electron chi connectivity index (χ4n) is 3.77. The lowest BCUT2D eigenvalue weighted by Gasteiger charge is -2.31. The van der Waals surface area contributed by atoms with Crippen LogP contribution in [0.25, 0.3) is 0 Å². The highest BCUT2D eigenvalue weighted by atomic mass is 79.9. The van der Waals surface area contributed by atoms with Crippen LogP contribution in [0.3, 0.4) is 0 Å². The third-order valence-corrected chi connectivity index (χ3v) is 7.02. The number of carbonyl (C=O) groups excluding carboxylic acids is 2. The zero-order valence-corrected chi connectivity index (χ0v) is 21.8. The number of nitrogens with one attached hydrogen (secondary N) is 1. The number of ether oxygens (including phenoxy) is 1. The quantitative estimate of drug-likeness (QED) is 0.389. The standard InChI is InChI=1S/C27H28BrClN2O3/c1-18-12-23(13-19(2)26(18)28)34-17-25(32)31(16-21-10-7-11-22(29)14-21)24(27(33)30-3)15-20-8-5-4-6-9-20/h4-14,24H,15-17H2,1-3H3,(H,30,33)/t24-/m1/s1. The van der Waals surface area contributed by atoms with Crippen LogP contribution in [0.5, 0.6) is 5.75 Å². The van der Waals surface area contributed by atoms with E-state index in [1.54, 1.807) is 24.1 Å². The van der Waals surface area contributed by atoms with Crippen LogP contribution in [0.2, 0.25) is 5.02 Å². The molecule has 2 amide bonds. The van der Waals surface area contributed by atoms with E-state index in [4.69, 9.17) is 16.3 Å². The van der Waals surface area contributed by atoms with Crippen molar-refractivity contribution in [2.45, 2.75) is 32.9 Å². The molecule has 0 radical (unpaired) electrons. The Hall–Kier alpha value is -2.83. The summed E-state index contributed by atoms with van der Waals surface area (Å²) in [4.78, 5) is 28.0. The van der Waals surface area contributed by atoms with Crippen molar-refractivity contribution in [1.82, 2.24) is 10.2 Å². The zero-order valence-electron chi connectivity index (χ0n) is 19.5. The topological polar surface area (TPSA) is 58.6 Å². The fourth-order valence-corrected chi connectivity index (χ4v) is 4.21. The molecule has 34 heavy (non-hydrogen) atoms. The molecule has 0 aromatic heterocycles. The molecule has 0 heterocycles. The van der Waals surface area contributed by atoms with Crippen LogP contribution in [0, 0.1) is 13.8 Å². The lowest BCUT2D eigenvalue weighted by molar-refractivity contribution is -0.142. The monoisotopic (exact) mass is 542 g/mol. The first-order valence-corrected chi connectivity index (χ1v) is 12.1. The van der Waals surface area contributed by atoms with Gasteiger partial charge in [0.25, 0.3) is 5.91 Å². The first-order chi connectivity index (χ1) is 16.3. The molecule has 3 rings (SSSR count). The molecule has 3 aromatic carbocycles. The first-order valence-electron chi connectivity index (χ1n) is 11.0. The second-order valence-corrected chi connectivity index (χ2v) is 9.36. The number of nitrogens with zero attached hydrogens (tertiary/aromatic N) is 1. The molecule has 0 fully saturated rings. The van der Waals surface area contributed by atoms with Gasteiger partial charge < -0.3 is 15.0 Å². The Balaban J connectivity index is 1.89. The van der Waals surface area contributed by atoms with Gasteiger partial charge in [0.2, 0.25) is 5.91 Å². The second kappa shape index (κ2) is 12.0. The summed E-state index contributed by atoms with van der Waals surface area (Å²) >= 11 is 9.73. The molecule has 178 valence electrons. The minimum Gasteiger partial charge on any atom is -0.484 e. The van der Waals surface area contributed by atoms with E-state index >= 15 is 0 Å². The Bertz CT molecular complexity index is 1130. The van der Waals surface area contributed by atoms with Crippen molar-refractivity contribution in [1.29, 1.82) is 0 Å². The molecule has 7 heteroatoms. The maximum absolute atomic E-state index is 13.5. The van der Waals surface area contributed by atoms with Gasteiger partial charge >= 0.3 is 0 Å². The number of hydrogen-bond acceptors (Lipinski definition) is 3. The zero-order chi connectivity index (χ0) is 24.7. The Kier molecular flexibility index (Phi) is 9.13. The van der Waals surface area contributed by atoms with Gasteiger partial charge in [0.1, 0.15) is 11.8 Å². The first kappa shape index (κ1) is 25.8. The van der Waals surface area contributed by atoms with Crippen molar-refractivity contribution in [3.8, 4) is 5.75 Å². The van der Waals surface area contributed by atoms with E-state index in [1.807, 2.05) is 68.4 Å². The number of halogens is 2. The van der Waals surface area contributed by atoms with Crippen molar-refractivity contribution in [3.05, 3.63) is 98.5 Å². The van der Waals surface area contributed by atoms with Crippen LogP contribution in [0.15, 0.2) is 71.2 Å². The van der Waals surface area contributed by atoms with Crippen molar-refractivity contribution in [2.75, 3.05) is 13.7 Å². The number of carbonyl (C=O) groups is 2. The molecule has 0 spiro atoms. The lowest BCUT2D eigenvalue weighted by Crippen LogP contribution is -2.51. The number of hydrogen-bond donors (Lipinski definition) is 1. The fraction of sp³-hybridized carbons (Fsp3) is 0.259. The summed E-state index contributed by atoms with van der Waals surface area (Å²) in [6.07, 6.45) is 0.378. The highest BCUT2D eigenvalue weighted by Crippen LogP contribution is 2.26. The summed E-state index contributed by atoms with van der Waals surface area (Å²) in [5.74, 6) is 0.0751. The highest BCUT2D eigenvalue weighted by Gasteiger charge is 2.30. The van der Waals surface area contributed by atoms with Gasteiger partial charge in [0.15, 0.2) is 6.61 Å². The lowest BCUT2D eigenvalue weighted by atomic mass is 10.0. The van der Waals surface area contributed by atoms with E-state index in [1.165, 1.54) is 0 Å². The van der Waals surface area contributed by atoms with Gasteiger partial charge in [-0.1, -0.05) is 70.0 Å². The predicted octanol–water partition coefficient (Wildman–Crippen LogP) is 5.48. The highest BCUT2D eigenvalue weighted by molar-refractivity contribution is 9.10. The molecule has 5 nitrogen and oxygen atoms in total. The van der Waals surface area contributed by atoms with Crippen LogP contribution < -0.4 is 10.1 Å². The summed E-state index contributed by atoms with van der Waals surface area (Å²) in [5, 5.41) is 3.28. The summed E-state index contributed by atoms with van der Waals surface area (Å²) in [5.41, 5.74) is 3.83. The average molecular weight is 544 g/mol. The van der Waals surface area contributed by atoms with Crippen LogP contribution in [-0.4, -0.2) is 36.4 Å². The van der Waals surface area contributed by atoms with Gasteiger partial charge in [-0.3, -0.25) is 9.59 Å². The number of benzene rings is 3. The van der Waals surface area contributed by atoms with E-state index < -0.39 is 6.04 Å². The summed E-state index contributed by atoms with van der Waals surface area (Å²) < 4.78 is 6.88. The largest absolute Gasteiger partial charge is 0.484 e. The van der Waals surface area contributed by atoms with Gasteiger partial charge in [0.05, 0.1) is 0 Å². The minimum atomic E-state index is -0.712. The average Bonchev–Trinajstić information content (AvgIpc) is 2.83. The second-order valence-electron chi connectivity index (χ2n) is 8.13. The molecule has 0 saturated heterocycles. The third kappa shape index (κ3) is 6.84. The van der Waals surface area contributed by atoms with Gasteiger partial charge in [-0.15, -0.1) is 0 Å². The van der Waals surface area contributed by atoms with Crippen LogP contribution in [-0.2, 0) is 22.6 Å². The van der Waals surface area contributed by atoms with Gasteiger partial charge in [-0.2, -0.15) is 0 Å². The smallest absolute Gasteiger partial charge is 0.261 e. The maximum Gasteiger partial charge on any atom is 0.261 e. The predicted molar refractivity (Wildman–Crippen MR) is 139 cm³/mol. The molecule has 1 atom stereocenters.